The maximum Gasteiger partial charge on any atom is 0.303 e. The highest BCUT2D eigenvalue weighted by atomic mass is 16.6. The Labute approximate surface area is 123 Å². The highest BCUT2D eigenvalue weighted by Crippen LogP contribution is 2.29. The maximum absolute atomic E-state index is 11.0. The van der Waals surface area contributed by atoms with Crippen molar-refractivity contribution in [3.8, 4) is 5.75 Å². The summed E-state index contributed by atoms with van der Waals surface area (Å²) in [7, 11) is 1.45. The van der Waals surface area contributed by atoms with Gasteiger partial charge in [-0.3, -0.25) is 14.9 Å². The fourth-order valence-electron chi connectivity index (χ4n) is 1.91. The molecule has 1 aromatic carbocycles. The summed E-state index contributed by atoms with van der Waals surface area (Å²) in [5, 5.41) is 22.6. The summed E-state index contributed by atoms with van der Waals surface area (Å²) < 4.78 is 4.97. The topological polar surface area (TPSA) is 102 Å². The number of nitro benzene ring substituents is 1. The smallest absolute Gasteiger partial charge is 0.303 e. The van der Waals surface area contributed by atoms with Gasteiger partial charge in [0, 0.05) is 13.0 Å². The van der Waals surface area contributed by atoms with E-state index in [9.17, 15) is 14.9 Å². The molecule has 0 saturated heterocycles. The van der Waals surface area contributed by atoms with Gasteiger partial charge in [0.2, 0.25) is 0 Å². The van der Waals surface area contributed by atoms with Crippen molar-refractivity contribution in [1.29, 1.82) is 0 Å². The minimum atomic E-state index is -0.805. The van der Waals surface area contributed by atoms with Crippen molar-refractivity contribution in [2.45, 2.75) is 26.2 Å². The zero-order valence-corrected chi connectivity index (χ0v) is 12.2. The number of hydrogen-bond donors (Lipinski definition) is 2. The van der Waals surface area contributed by atoms with Crippen molar-refractivity contribution in [2.24, 2.45) is 5.92 Å². The molecule has 7 nitrogen and oxygen atoms in total. The molecule has 1 unspecified atom stereocenters. The lowest BCUT2D eigenvalue weighted by Gasteiger charge is -2.12. The van der Waals surface area contributed by atoms with Crippen LogP contribution in [0.1, 0.15) is 26.2 Å². The van der Waals surface area contributed by atoms with Gasteiger partial charge in [0.1, 0.15) is 11.4 Å². The number of benzene rings is 1. The summed E-state index contributed by atoms with van der Waals surface area (Å²) in [5.41, 5.74) is 0.402. The van der Waals surface area contributed by atoms with Gasteiger partial charge in [-0.15, -0.1) is 0 Å². The van der Waals surface area contributed by atoms with Crippen molar-refractivity contribution in [3.05, 3.63) is 28.3 Å². The lowest BCUT2D eigenvalue weighted by Crippen LogP contribution is -2.09. The van der Waals surface area contributed by atoms with Crippen LogP contribution < -0.4 is 10.1 Å². The Kier molecular flexibility index (Phi) is 6.45. The summed E-state index contributed by atoms with van der Waals surface area (Å²) >= 11 is 0. The van der Waals surface area contributed by atoms with E-state index in [1.54, 1.807) is 12.1 Å². The lowest BCUT2D eigenvalue weighted by molar-refractivity contribution is -0.384. The summed E-state index contributed by atoms with van der Waals surface area (Å²) in [4.78, 5) is 21.0. The van der Waals surface area contributed by atoms with E-state index in [0.717, 1.165) is 6.42 Å². The van der Waals surface area contributed by atoms with Gasteiger partial charge in [0.05, 0.1) is 18.1 Å². The number of anilines is 1. The van der Waals surface area contributed by atoms with Gasteiger partial charge in [-0.25, -0.2) is 0 Å². The molecule has 0 heterocycles. The third-order valence-electron chi connectivity index (χ3n) is 3.21. The first kappa shape index (κ1) is 16.7. The summed E-state index contributed by atoms with van der Waals surface area (Å²) in [6.45, 7) is 2.51. The van der Waals surface area contributed by atoms with Crippen molar-refractivity contribution in [2.75, 3.05) is 19.0 Å². The fourth-order valence-corrected chi connectivity index (χ4v) is 1.91. The molecule has 0 saturated carbocycles. The molecule has 0 aliphatic carbocycles. The van der Waals surface area contributed by atoms with Gasteiger partial charge in [-0.1, -0.05) is 6.92 Å². The van der Waals surface area contributed by atoms with E-state index in [0.29, 0.717) is 24.4 Å². The predicted molar refractivity (Wildman–Crippen MR) is 78.8 cm³/mol. The van der Waals surface area contributed by atoms with E-state index >= 15 is 0 Å². The number of methoxy groups -OCH3 is 1. The highest BCUT2D eigenvalue weighted by Gasteiger charge is 2.15. The van der Waals surface area contributed by atoms with E-state index < -0.39 is 10.9 Å². The standard InChI is InChI=1S/C14H20N2O5/c1-10(3-6-14(17)18)7-8-15-12-5-4-11(21-2)9-13(12)16(19)20/h4-5,9-10,15H,3,6-8H2,1-2H3,(H,17,18). The van der Waals surface area contributed by atoms with E-state index in [-0.39, 0.29) is 18.0 Å². The minimum absolute atomic E-state index is 0.0347. The lowest BCUT2D eigenvalue weighted by atomic mass is 10.0. The molecular weight excluding hydrogens is 276 g/mol. The quantitative estimate of drug-likeness (QED) is 0.536. The van der Waals surface area contributed by atoms with Crippen molar-refractivity contribution < 1.29 is 19.6 Å². The molecule has 116 valence electrons. The van der Waals surface area contributed by atoms with E-state index in [4.69, 9.17) is 9.84 Å². The first-order chi connectivity index (χ1) is 9.93. The predicted octanol–water partition coefficient (Wildman–Crippen LogP) is 2.91. The van der Waals surface area contributed by atoms with Gasteiger partial charge >= 0.3 is 5.97 Å². The molecule has 7 heteroatoms. The number of nitro groups is 1. The molecule has 0 amide bonds. The number of aliphatic carboxylic acids is 1. The number of ether oxygens (including phenoxy) is 1. The number of carboxylic acid groups (broad SMARTS) is 1. The molecule has 2 N–H and O–H groups in total. The maximum atomic E-state index is 11.0. The Morgan fingerprint density at radius 3 is 2.76 bits per heavy atom. The number of hydrogen-bond acceptors (Lipinski definition) is 5. The molecule has 0 aliphatic rings. The van der Waals surface area contributed by atoms with Crippen LogP contribution in [0.4, 0.5) is 11.4 Å². The number of nitrogens with zero attached hydrogens (tertiary/aromatic N) is 1. The first-order valence-electron chi connectivity index (χ1n) is 6.72. The first-order valence-corrected chi connectivity index (χ1v) is 6.72. The van der Waals surface area contributed by atoms with Crippen LogP contribution in [-0.2, 0) is 4.79 Å². The van der Waals surface area contributed by atoms with Crippen LogP contribution in [0.25, 0.3) is 0 Å². The minimum Gasteiger partial charge on any atom is -0.496 e. The highest BCUT2D eigenvalue weighted by molar-refractivity contribution is 5.66. The summed E-state index contributed by atoms with van der Waals surface area (Å²) in [6.07, 6.45) is 1.49. The molecule has 0 fully saturated rings. The van der Waals surface area contributed by atoms with E-state index in [1.165, 1.54) is 13.2 Å². The number of nitrogens with one attached hydrogen (secondary N) is 1. The van der Waals surface area contributed by atoms with Crippen LogP contribution in [0.5, 0.6) is 5.75 Å². The second-order valence-corrected chi connectivity index (χ2v) is 4.89. The van der Waals surface area contributed by atoms with Gasteiger partial charge < -0.3 is 15.2 Å². The molecule has 21 heavy (non-hydrogen) atoms. The van der Waals surface area contributed by atoms with Gasteiger partial charge in [-0.2, -0.15) is 0 Å². The SMILES string of the molecule is COc1ccc(NCCC(C)CCC(=O)O)c([N+](=O)[O-])c1. The summed E-state index contributed by atoms with van der Waals surface area (Å²) in [6, 6.07) is 4.64. The molecule has 0 radical (unpaired) electrons. The number of carboxylic acids is 1. The average Bonchev–Trinajstić information content (AvgIpc) is 2.45. The Bertz CT molecular complexity index is 504. The van der Waals surface area contributed by atoms with Crippen molar-refractivity contribution in [1.82, 2.24) is 0 Å². The molecule has 1 rings (SSSR count). The van der Waals surface area contributed by atoms with Gasteiger partial charge in [-0.05, 0) is 30.9 Å². The van der Waals surface area contributed by atoms with Gasteiger partial charge in [0.25, 0.3) is 5.69 Å². The molecule has 0 bridgehead atoms. The molecule has 0 spiro atoms. The van der Waals surface area contributed by atoms with Crippen molar-refractivity contribution >= 4 is 17.3 Å². The fraction of sp³-hybridized carbons (Fsp3) is 0.500. The Hall–Kier alpha value is -2.31. The molecule has 1 atom stereocenters. The zero-order valence-electron chi connectivity index (χ0n) is 12.2. The van der Waals surface area contributed by atoms with Gasteiger partial charge in [0.15, 0.2) is 0 Å². The second-order valence-electron chi connectivity index (χ2n) is 4.89. The normalized spacial score (nSPS) is 11.7. The van der Waals surface area contributed by atoms with Crippen LogP contribution in [-0.4, -0.2) is 29.7 Å². The van der Waals surface area contributed by atoms with Crippen molar-refractivity contribution in [3.63, 3.8) is 0 Å². The molecule has 0 aromatic heterocycles. The summed E-state index contributed by atoms with van der Waals surface area (Å²) in [5.74, 6) is -0.131. The largest absolute Gasteiger partial charge is 0.496 e. The van der Waals surface area contributed by atoms with Crippen LogP contribution in [0.3, 0.4) is 0 Å². The monoisotopic (exact) mass is 296 g/mol. The second kappa shape index (κ2) is 8.08. The number of carbonyl (C=O) groups is 1. The average molecular weight is 296 g/mol. The van der Waals surface area contributed by atoms with Crippen LogP contribution in [0.2, 0.25) is 0 Å². The van der Waals surface area contributed by atoms with E-state index in [2.05, 4.69) is 5.32 Å². The third kappa shape index (κ3) is 5.68. The molecule has 0 aliphatic heterocycles. The van der Waals surface area contributed by atoms with Crippen LogP contribution >= 0.6 is 0 Å². The number of rotatable bonds is 9. The van der Waals surface area contributed by atoms with E-state index in [1.807, 2.05) is 6.92 Å². The zero-order chi connectivity index (χ0) is 15.8. The third-order valence-corrected chi connectivity index (χ3v) is 3.21. The Balaban J connectivity index is 2.55. The Morgan fingerprint density at radius 1 is 1.48 bits per heavy atom. The Morgan fingerprint density at radius 2 is 2.19 bits per heavy atom. The molecular formula is C14H20N2O5. The molecule has 1 aromatic rings. The van der Waals surface area contributed by atoms with Crippen LogP contribution in [0, 0.1) is 16.0 Å². The van der Waals surface area contributed by atoms with Crippen LogP contribution in [0.15, 0.2) is 18.2 Å².